The van der Waals surface area contributed by atoms with E-state index >= 15 is 0 Å². The highest BCUT2D eigenvalue weighted by Crippen LogP contribution is 2.10. The topological polar surface area (TPSA) is 48.3 Å². The second-order valence-corrected chi connectivity index (χ2v) is 4.76. The summed E-state index contributed by atoms with van der Waals surface area (Å²) in [5.74, 6) is 0. The van der Waals surface area contributed by atoms with Crippen molar-refractivity contribution in [2.75, 3.05) is 26.3 Å². The molecule has 18 heavy (non-hydrogen) atoms. The van der Waals surface area contributed by atoms with Gasteiger partial charge in [0.05, 0.1) is 31.6 Å². The molecule has 0 bridgehead atoms. The Morgan fingerprint density at radius 2 is 2.56 bits per heavy atom. The fourth-order valence-electron chi connectivity index (χ4n) is 1.91. The molecule has 0 saturated carbocycles. The Morgan fingerprint density at radius 1 is 1.67 bits per heavy atom. The highest BCUT2D eigenvalue weighted by molar-refractivity contribution is 4.97. The van der Waals surface area contributed by atoms with Crippen molar-refractivity contribution in [3.8, 4) is 0 Å². The van der Waals surface area contributed by atoms with Crippen molar-refractivity contribution in [1.82, 2.24) is 15.1 Å². The van der Waals surface area contributed by atoms with Crippen LogP contribution < -0.4 is 5.32 Å². The molecule has 2 unspecified atom stereocenters. The van der Waals surface area contributed by atoms with E-state index < -0.39 is 0 Å². The maximum absolute atomic E-state index is 5.65. The van der Waals surface area contributed by atoms with E-state index in [0.29, 0.717) is 19.3 Å². The molecule has 0 aliphatic carbocycles. The molecule has 1 aliphatic heterocycles. The molecule has 2 heterocycles. The minimum Gasteiger partial charge on any atom is -0.373 e. The summed E-state index contributed by atoms with van der Waals surface area (Å²) in [5, 5.41) is 7.78. The zero-order chi connectivity index (χ0) is 12.8. The first kappa shape index (κ1) is 13.5. The maximum Gasteiger partial charge on any atom is 0.0933 e. The molecule has 5 heteroatoms. The molecule has 0 radical (unpaired) electrons. The zero-order valence-electron chi connectivity index (χ0n) is 11.3. The van der Waals surface area contributed by atoms with E-state index in [1.807, 2.05) is 16.9 Å². The van der Waals surface area contributed by atoms with Gasteiger partial charge in [-0.2, -0.15) is 5.10 Å². The third-order valence-corrected chi connectivity index (χ3v) is 3.26. The number of aromatic nitrogens is 2. The Labute approximate surface area is 108 Å². The van der Waals surface area contributed by atoms with Crippen LogP contribution in [0.2, 0.25) is 0 Å². The molecule has 0 spiro atoms. The summed E-state index contributed by atoms with van der Waals surface area (Å²) in [5.41, 5.74) is 0.985. The second-order valence-electron chi connectivity index (χ2n) is 4.76. The molecule has 2 rings (SSSR count). The van der Waals surface area contributed by atoms with Gasteiger partial charge >= 0.3 is 0 Å². The molecule has 0 aromatic carbocycles. The van der Waals surface area contributed by atoms with E-state index in [1.165, 1.54) is 0 Å². The monoisotopic (exact) mass is 253 g/mol. The molecule has 0 amide bonds. The predicted molar refractivity (Wildman–Crippen MR) is 69.5 cm³/mol. The number of ether oxygens (including phenoxy) is 2. The van der Waals surface area contributed by atoms with Crippen LogP contribution in [-0.4, -0.2) is 42.2 Å². The van der Waals surface area contributed by atoms with Gasteiger partial charge in [0.25, 0.3) is 0 Å². The van der Waals surface area contributed by atoms with Crippen LogP contribution in [0.4, 0.5) is 0 Å². The van der Waals surface area contributed by atoms with Crippen LogP contribution in [-0.2, 0) is 16.1 Å². The van der Waals surface area contributed by atoms with Gasteiger partial charge in [0.2, 0.25) is 0 Å². The van der Waals surface area contributed by atoms with Crippen molar-refractivity contribution in [3.05, 3.63) is 18.0 Å². The van der Waals surface area contributed by atoms with Gasteiger partial charge in [0, 0.05) is 25.3 Å². The number of nitrogens with zero attached hydrogens (tertiary/aromatic N) is 2. The Bertz CT molecular complexity index is 348. The first-order valence-corrected chi connectivity index (χ1v) is 6.73. The minimum absolute atomic E-state index is 0.176. The lowest BCUT2D eigenvalue weighted by molar-refractivity contribution is -0.0363. The van der Waals surface area contributed by atoms with Crippen LogP contribution in [0.15, 0.2) is 12.3 Å². The first-order chi connectivity index (χ1) is 8.79. The third kappa shape index (κ3) is 3.80. The van der Waals surface area contributed by atoms with Gasteiger partial charge in [-0.05, 0) is 19.4 Å². The summed E-state index contributed by atoms with van der Waals surface area (Å²) >= 11 is 0. The minimum atomic E-state index is 0.176. The maximum atomic E-state index is 5.65. The summed E-state index contributed by atoms with van der Waals surface area (Å²) in [6.45, 7) is 8.11. The second kappa shape index (κ2) is 6.87. The van der Waals surface area contributed by atoms with Crippen molar-refractivity contribution in [1.29, 1.82) is 0 Å². The average molecular weight is 253 g/mol. The SMILES string of the molecule is CCC(C)n1ccc(COCC2CNCCO2)n1. The van der Waals surface area contributed by atoms with Gasteiger partial charge in [-0.3, -0.25) is 4.68 Å². The molecular formula is C13H23N3O2. The van der Waals surface area contributed by atoms with Gasteiger partial charge < -0.3 is 14.8 Å². The van der Waals surface area contributed by atoms with E-state index in [4.69, 9.17) is 9.47 Å². The van der Waals surface area contributed by atoms with Gasteiger partial charge in [0.15, 0.2) is 0 Å². The molecule has 1 aromatic heterocycles. The Hall–Kier alpha value is -0.910. The van der Waals surface area contributed by atoms with Gasteiger partial charge in [-0.25, -0.2) is 0 Å². The molecule has 102 valence electrons. The fraction of sp³-hybridized carbons (Fsp3) is 0.769. The normalized spacial score (nSPS) is 22.0. The van der Waals surface area contributed by atoms with Crippen LogP contribution in [0, 0.1) is 0 Å². The lowest BCUT2D eigenvalue weighted by atomic mass is 10.3. The lowest BCUT2D eigenvalue weighted by Gasteiger charge is -2.23. The van der Waals surface area contributed by atoms with Crippen molar-refractivity contribution >= 4 is 0 Å². The zero-order valence-corrected chi connectivity index (χ0v) is 11.3. The summed E-state index contributed by atoms with van der Waals surface area (Å²) < 4.78 is 13.2. The number of rotatable bonds is 6. The fourth-order valence-corrected chi connectivity index (χ4v) is 1.91. The van der Waals surface area contributed by atoms with Crippen LogP contribution in [0.1, 0.15) is 32.0 Å². The van der Waals surface area contributed by atoms with Crippen molar-refractivity contribution < 1.29 is 9.47 Å². The van der Waals surface area contributed by atoms with E-state index in [2.05, 4.69) is 24.3 Å². The quantitative estimate of drug-likeness (QED) is 0.831. The molecule has 1 fully saturated rings. The molecule has 1 aromatic rings. The molecule has 1 aliphatic rings. The van der Waals surface area contributed by atoms with E-state index in [9.17, 15) is 0 Å². The first-order valence-electron chi connectivity index (χ1n) is 6.73. The highest BCUT2D eigenvalue weighted by Gasteiger charge is 2.13. The van der Waals surface area contributed by atoms with Gasteiger partial charge in [0.1, 0.15) is 0 Å². The molecule has 2 atom stereocenters. The largest absolute Gasteiger partial charge is 0.373 e. The van der Waals surface area contributed by atoms with Crippen LogP contribution in [0.3, 0.4) is 0 Å². The summed E-state index contributed by atoms with van der Waals surface area (Å²) in [7, 11) is 0. The van der Waals surface area contributed by atoms with Gasteiger partial charge in [-0.15, -0.1) is 0 Å². The van der Waals surface area contributed by atoms with Gasteiger partial charge in [-0.1, -0.05) is 6.92 Å². The van der Waals surface area contributed by atoms with E-state index in [0.717, 1.165) is 31.8 Å². The van der Waals surface area contributed by atoms with Crippen LogP contribution in [0.25, 0.3) is 0 Å². The average Bonchev–Trinajstić information content (AvgIpc) is 2.88. The van der Waals surface area contributed by atoms with E-state index in [1.54, 1.807) is 0 Å². The molecular weight excluding hydrogens is 230 g/mol. The summed E-state index contributed by atoms with van der Waals surface area (Å²) in [6.07, 6.45) is 3.28. The van der Waals surface area contributed by atoms with Crippen LogP contribution >= 0.6 is 0 Å². The Balaban J connectivity index is 1.71. The standard InChI is InChI=1S/C13H23N3O2/c1-3-11(2)16-6-4-12(15-16)9-17-10-13-8-14-5-7-18-13/h4,6,11,13-14H,3,5,7-10H2,1-2H3. The summed E-state index contributed by atoms with van der Waals surface area (Å²) in [4.78, 5) is 0. The van der Waals surface area contributed by atoms with Crippen molar-refractivity contribution in [3.63, 3.8) is 0 Å². The van der Waals surface area contributed by atoms with E-state index in [-0.39, 0.29) is 6.10 Å². The Morgan fingerprint density at radius 3 is 3.28 bits per heavy atom. The number of hydrogen-bond acceptors (Lipinski definition) is 4. The number of hydrogen-bond donors (Lipinski definition) is 1. The smallest absolute Gasteiger partial charge is 0.0933 e. The van der Waals surface area contributed by atoms with Crippen molar-refractivity contribution in [2.45, 2.75) is 39.0 Å². The predicted octanol–water partition coefficient (Wildman–Crippen LogP) is 1.36. The lowest BCUT2D eigenvalue weighted by Crippen LogP contribution is -2.40. The van der Waals surface area contributed by atoms with Crippen molar-refractivity contribution in [2.24, 2.45) is 0 Å². The molecule has 5 nitrogen and oxygen atoms in total. The number of nitrogens with one attached hydrogen (secondary N) is 1. The molecule has 1 saturated heterocycles. The molecule has 1 N–H and O–H groups in total. The van der Waals surface area contributed by atoms with Crippen LogP contribution in [0.5, 0.6) is 0 Å². The number of morpholine rings is 1. The highest BCUT2D eigenvalue weighted by atomic mass is 16.5. The third-order valence-electron chi connectivity index (χ3n) is 3.26. The Kier molecular flexibility index (Phi) is 5.16. The summed E-state index contributed by atoms with van der Waals surface area (Å²) in [6, 6.07) is 2.47.